The molecule has 0 aliphatic carbocycles. The molecule has 5 nitrogen and oxygen atoms in total. The molecule has 0 aromatic heterocycles. The van der Waals surface area contributed by atoms with Gasteiger partial charge in [0.1, 0.15) is 0 Å². The largest absolute Gasteiger partial charge is 0.481 e. The van der Waals surface area contributed by atoms with Crippen LogP contribution in [0.1, 0.15) is 19.8 Å². The highest BCUT2D eigenvalue weighted by molar-refractivity contribution is 5.98. The predicted molar refractivity (Wildman–Crippen MR) is 43.1 cm³/mol. The third-order valence-electron chi connectivity index (χ3n) is 1.48. The molecule has 1 atom stereocenters. The molecule has 0 aromatic rings. The molecular formula is C8H11FO5. The number of ether oxygens (including phenoxy) is 1. The van der Waals surface area contributed by atoms with Crippen molar-refractivity contribution in [1.29, 1.82) is 0 Å². The molecule has 0 fully saturated rings. The molecule has 0 spiro atoms. The van der Waals surface area contributed by atoms with E-state index in [1.54, 1.807) is 6.92 Å². The van der Waals surface area contributed by atoms with Gasteiger partial charge in [-0.25, -0.2) is 9.18 Å². The van der Waals surface area contributed by atoms with Crippen LogP contribution in [-0.4, -0.2) is 29.7 Å². The summed E-state index contributed by atoms with van der Waals surface area (Å²) >= 11 is 0. The topological polar surface area (TPSA) is 80.7 Å². The second kappa shape index (κ2) is 6.06. The van der Waals surface area contributed by atoms with E-state index >= 15 is 0 Å². The average Bonchev–Trinajstić information content (AvgIpc) is 2.13. The Kier molecular flexibility index (Phi) is 5.43. The number of aliphatic carboxylic acids is 1. The van der Waals surface area contributed by atoms with Crippen LogP contribution in [0.2, 0.25) is 0 Å². The van der Waals surface area contributed by atoms with Crippen molar-refractivity contribution >= 4 is 17.9 Å². The number of hydrogen-bond donors (Lipinski definition) is 1. The molecular weight excluding hydrogens is 195 g/mol. The molecule has 0 radical (unpaired) electrons. The number of alkyl halides is 1. The summed E-state index contributed by atoms with van der Waals surface area (Å²) in [4.78, 5) is 31.8. The van der Waals surface area contributed by atoms with Crippen molar-refractivity contribution in [2.45, 2.75) is 19.8 Å². The van der Waals surface area contributed by atoms with Crippen LogP contribution in [0.15, 0.2) is 0 Å². The van der Waals surface area contributed by atoms with Gasteiger partial charge in [0.2, 0.25) is 0 Å². The molecule has 0 bridgehead atoms. The maximum Gasteiger partial charge on any atom is 0.345 e. The van der Waals surface area contributed by atoms with Gasteiger partial charge in [-0.15, -0.1) is 0 Å². The molecule has 0 rings (SSSR count). The molecule has 0 aliphatic rings. The lowest BCUT2D eigenvalue weighted by Gasteiger charge is -2.08. The first-order valence-electron chi connectivity index (χ1n) is 4.06. The number of carboxylic acids is 1. The Morgan fingerprint density at radius 3 is 2.36 bits per heavy atom. The number of carboxylic acid groups (broad SMARTS) is 1. The second-order valence-corrected chi connectivity index (χ2v) is 2.61. The van der Waals surface area contributed by atoms with Gasteiger partial charge >= 0.3 is 17.9 Å². The van der Waals surface area contributed by atoms with Crippen LogP contribution in [0, 0.1) is 5.92 Å². The third kappa shape index (κ3) is 3.97. The van der Waals surface area contributed by atoms with E-state index in [2.05, 4.69) is 4.74 Å². The Hall–Kier alpha value is -1.46. The summed E-state index contributed by atoms with van der Waals surface area (Å²) in [6.45, 7) is 0.240. The minimum Gasteiger partial charge on any atom is -0.481 e. The second-order valence-electron chi connectivity index (χ2n) is 2.61. The standard InChI is InChI=1S/C8H11FO5/c1-2-3-5(7(11)12)8(13)14-6(10)4-9/h5H,2-4H2,1H3,(H,11,12). The van der Waals surface area contributed by atoms with Crippen LogP contribution in [-0.2, 0) is 19.1 Å². The van der Waals surface area contributed by atoms with Gasteiger partial charge in [-0.2, -0.15) is 0 Å². The normalized spacial score (nSPS) is 11.9. The van der Waals surface area contributed by atoms with E-state index in [9.17, 15) is 18.8 Å². The summed E-state index contributed by atoms with van der Waals surface area (Å²) in [5.41, 5.74) is 0. The summed E-state index contributed by atoms with van der Waals surface area (Å²) in [6, 6.07) is 0. The first-order chi connectivity index (χ1) is 6.52. The van der Waals surface area contributed by atoms with E-state index < -0.39 is 30.5 Å². The Labute approximate surface area is 79.9 Å². The van der Waals surface area contributed by atoms with Gasteiger partial charge in [0.15, 0.2) is 12.6 Å². The van der Waals surface area contributed by atoms with Crippen LogP contribution in [0.25, 0.3) is 0 Å². The summed E-state index contributed by atoms with van der Waals surface area (Å²) in [6.07, 6.45) is 0.517. The zero-order valence-corrected chi connectivity index (χ0v) is 7.66. The van der Waals surface area contributed by atoms with Crippen molar-refractivity contribution in [3.8, 4) is 0 Å². The Balaban J connectivity index is 4.29. The molecule has 6 heteroatoms. The fourth-order valence-corrected chi connectivity index (χ4v) is 0.841. The van der Waals surface area contributed by atoms with E-state index in [0.717, 1.165) is 0 Å². The zero-order valence-electron chi connectivity index (χ0n) is 7.66. The van der Waals surface area contributed by atoms with Gasteiger partial charge in [0.25, 0.3) is 0 Å². The number of hydrogen-bond acceptors (Lipinski definition) is 4. The lowest BCUT2D eigenvalue weighted by Crippen LogP contribution is -2.28. The maximum atomic E-state index is 11.6. The van der Waals surface area contributed by atoms with E-state index in [1.165, 1.54) is 0 Å². The maximum absolute atomic E-state index is 11.6. The van der Waals surface area contributed by atoms with Crippen LogP contribution in [0.3, 0.4) is 0 Å². The molecule has 0 saturated carbocycles. The van der Waals surface area contributed by atoms with Gasteiger partial charge in [-0.1, -0.05) is 13.3 Å². The van der Waals surface area contributed by atoms with Crippen molar-refractivity contribution in [2.75, 3.05) is 6.67 Å². The van der Waals surface area contributed by atoms with Crippen LogP contribution in [0.5, 0.6) is 0 Å². The number of carbonyl (C=O) groups is 3. The van der Waals surface area contributed by atoms with Gasteiger partial charge in [0, 0.05) is 0 Å². The Bertz CT molecular complexity index is 238. The smallest absolute Gasteiger partial charge is 0.345 e. The first-order valence-corrected chi connectivity index (χ1v) is 4.06. The SMILES string of the molecule is CCCC(C(=O)O)C(=O)OC(=O)CF. The Morgan fingerprint density at radius 1 is 1.43 bits per heavy atom. The van der Waals surface area contributed by atoms with E-state index in [1.807, 2.05) is 0 Å². The number of carbonyl (C=O) groups excluding carboxylic acids is 2. The number of esters is 2. The van der Waals surface area contributed by atoms with Crippen LogP contribution < -0.4 is 0 Å². The molecule has 0 amide bonds. The van der Waals surface area contributed by atoms with Gasteiger partial charge in [-0.3, -0.25) is 9.59 Å². The van der Waals surface area contributed by atoms with Crippen molar-refractivity contribution < 1.29 is 28.6 Å². The molecule has 0 aromatic carbocycles. The molecule has 80 valence electrons. The van der Waals surface area contributed by atoms with E-state index in [0.29, 0.717) is 6.42 Å². The average molecular weight is 206 g/mol. The monoisotopic (exact) mass is 206 g/mol. The quantitative estimate of drug-likeness (QED) is 0.524. The summed E-state index contributed by atoms with van der Waals surface area (Å²) < 4.78 is 15.6. The van der Waals surface area contributed by atoms with E-state index in [4.69, 9.17) is 5.11 Å². The Morgan fingerprint density at radius 2 is 2.00 bits per heavy atom. The molecule has 0 heterocycles. The first kappa shape index (κ1) is 12.5. The fraction of sp³-hybridized carbons (Fsp3) is 0.625. The molecule has 0 aliphatic heterocycles. The zero-order chi connectivity index (χ0) is 11.1. The van der Waals surface area contributed by atoms with Gasteiger partial charge in [-0.05, 0) is 6.42 Å². The number of rotatable bonds is 5. The highest BCUT2D eigenvalue weighted by atomic mass is 19.1. The summed E-state index contributed by atoms with van der Waals surface area (Å²) in [5, 5.41) is 8.55. The minimum absolute atomic E-state index is 0.0632. The minimum atomic E-state index is -1.44. The fourth-order valence-electron chi connectivity index (χ4n) is 0.841. The predicted octanol–water partition coefficient (Wildman–Crippen LogP) is 0.527. The summed E-state index contributed by atoms with van der Waals surface area (Å²) in [7, 11) is 0. The van der Waals surface area contributed by atoms with Crippen molar-refractivity contribution in [3.63, 3.8) is 0 Å². The highest BCUT2D eigenvalue weighted by Crippen LogP contribution is 2.09. The molecule has 14 heavy (non-hydrogen) atoms. The van der Waals surface area contributed by atoms with Gasteiger partial charge < -0.3 is 9.84 Å². The molecule has 1 N–H and O–H groups in total. The van der Waals surface area contributed by atoms with Crippen molar-refractivity contribution in [1.82, 2.24) is 0 Å². The van der Waals surface area contributed by atoms with Crippen LogP contribution >= 0.6 is 0 Å². The number of halogens is 1. The highest BCUT2D eigenvalue weighted by Gasteiger charge is 2.28. The summed E-state index contributed by atoms with van der Waals surface area (Å²) in [5.74, 6) is -5.33. The van der Waals surface area contributed by atoms with E-state index in [-0.39, 0.29) is 6.42 Å². The van der Waals surface area contributed by atoms with Crippen molar-refractivity contribution in [2.24, 2.45) is 5.92 Å². The third-order valence-corrected chi connectivity index (χ3v) is 1.48. The molecule has 0 saturated heterocycles. The van der Waals surface area contributed by atoms with Crippen molar-refractivity contribution in [3.05, 3.63) is 0 Å². The molecule has 1 unspecified atom stereocenters. The van der Waals surface area contributed by atoms with Gasteiger partial charge in [0.05, 0.1) is 0 Å². The van der Waals surface area contributed by atoms with Crippen LogP contribution in [0.4, 0.5) is 4.39 Å². The lowest BCUT2D eigenvalue weighted by atomic mass is 10.0. The lowest BCUT2D eigenvalue weighted by molar-refractivity contribution is -0.167.